The van der Waals surface area contributed by atoms with Crippen molar-refractivity contribution >= 4 is 34.8 Å². The van der Waals surface area contributed by atoms with Gasteiger partial charge in [-0.3, -0.25) is 0 Å². The molecular formula is C7H9Cl3N2. The minimum atomic E-state index is 0.405. The van der Waals surface area contributed by atoms with Crippen LogP contribution in [0.25, 0.3) is 0 Å². The van der Waals surface area contributed by atoms with Crippen molar-refractivity contribution in [3.8, 4) is 0 Å². The first kappa shape index (κ1) is 10.0. The maximum Gasteiger partial charge on any atom is 0.0967 e. The van der Waals surface area contributed by atoms with Crippen LogP contribution in [0.15, 0.2) is 23.8 Å². The zero-order valence-electron chi connectivity index (χ0n) is 6.36. The van der Waals surface area contributed by atoms with Crippen LogP contribution >= 0.6 is 34.8 Å². The highest BCUT2D eigenvalue weighted by Gasteiger charge is 2.08. The lowest BCUT2D eigenvalue weighted by Crippen LogP contribution is -2.26. The number of nitrogens with zero attached hydrogens (tertiary/aromatic N) is 1. The van der Waals surface area contributed by atoms with Gasteiger partial charge in [-0.25, -0.2) is 0 Å². The second-order valence-corrected chi connectivity index (χ2v) is 3.11. The van der Waals surface area contributed by atoms with Crippen LogP contribution in [0.2, 0.25) is 0 Å². The molecule has 0 aromatic heterocycles. The molecule has 5 heteroatoms. The van der Waals surface area contributed by atoms with Crippen LogP contribution in [0.1, 0.15) is 0 Å². The highest BCUT2D eigenvalue weighted by Crippen LogP contribution is 2.11. The van der Waals surface area contributed by atoms with Crippen molar-refractivity contribution < 1.29 is 0 Å². The van der Waals surface area contributed by atoms with E-state index in [0.29, 0.717) is 17.8 Å². The largest absolute Gasteiger partial charge is 0.358 e. The Labute approximate surface area is 86.8 Å². The molecule has 0 spiro atoms. The van der Waals surface area contributed by atoms with Gasteiger partial charge in [0.15, 0.2) is 0 Å². The molecule has 12 heavy (non-hydrogen) atoms. The monoisotopic (exact) mass is 226 g/mol. The van der Waals surface area contributed by atoms with Gasteiger partial charge in [-0.1, -0.05) is 0 Å². The average molecular weight is 228 g/mol. The second kappa shape index (κ2) is 4.85. The molecule has 1 aliphatic heterocycles. The number of halogens is 3. The van der Waals surface area contributed by atoms with E-state index in [2.05, 4.69) is 5.32 Å². The van der Waals surface area contributed by atoms with Crippen LogP contribution in [0.4, 0.5) is 0 Å². The van der Waals surface area contributed by atoms with Gasteiger partial charge in [-0.05, 0) is 0 Å². The molecule has 0 unspecified atom stereocenters. The number of nitrogens with one attached hydrogen (secondary N) is 1. The SMILES string of the molecule is ClCC1=CN(CCl)C=C(CCl)N1. The Kier molecular flexibility index (Phi) is 4.06. The summed E-state index contributed by atoms with van der Waals surface area (Å²) in [6, 6.07) is 0.405. The first-order valence-corrected chi connectivity index (χ1v) is 5.02. The van der Waals surface area contributed by atoms with Gasteiger partial charge >= 0.3 is 0 Å². The Morgan fingerprint density at radius 2 is 1.58 bits per heavy atom. The van der Waals surface area contributed by atoms with E-state index in [0.717, 1.165) is 11.4 Å². The van der Waals surface area contributed by atoms with Crippen molar-refractivity contribution in [1.82, 2.24) is 10.2 Å². The molecule has 0 saturated carbocycles. The summed E-state index contributed by atoms with van der Waals surface area (Å²) < 4.78 is 0. The zero-order valence-corrected chi connectivity index (χ0v) is 8.62. The third-order valence-electron chi connectivity index (χ3n) is 1.39. The predicted molar refractivity (Wildman–Crippen MR) is 53.3 cm³/mol. The average Bonchev–Trinajstić information content (AvgIpc) is 2.16. The minimum absolute atomic E-state index is 0.405. The number of alkyl halides is 3. The molecule has 0 aromatic carbocycles. The highest BCUT2D eigenvalue weighted by atomic mass is 35.5. The van der Waals surface area contributed by atoms with Gasteiger partial charge < -0.3 is 10.2 Å². The number of allylic oxidation sites excluding steroid dienone is 2. The summed E-state index contributed by atoms with van der Waals surface area (Å²) in [4.78, 5) is 1.83. The molecule has 0 bridgehead atoms. The first-order chi connectivity index (χ1) is 5.80. The molecule has 0 aromatic rings. The summed E-state index contributed by atoms with van der Waals surface area (Å²) in [5.41, 5.74) is 1.82. The van der Waals surface area contributed by atoms with Gasteiger partial charge in [0, 0.05) is 23.8 Å². The summed E-state index contributed by atoms with van der Waals surface area (Å²) in [5.74, 6) is 0.864. The molecule has 0 aliphatic carbocycles. The van der Waals surface area contributed by atoms with Gasteiger partial charge in [0.05, 0.1) is 17.8 Å². The first-order valence-electron chi connectivity index (χ1n) is 3.42. The molecule has 1 heterocycles. The van der Waals surface area contributed by atoms with E-state index in [-0.39, 0.29) is 0 Å². The Bertz CT molecular complexity index is 193. The molecule has 0 fully saturated rings. The number of hydrogen-bond donors (Lipinski definition) is 1. The topological polar surface area (TPSA) is 15.3 Å². The Morgan fingerprint density at radius 3 is 1.92 bits per heavy atom. The fraction of sp³-hybridized carbons (Fsp3) is 0.429. The normalized spacial score (nSPS) is 16.8. The zero-order chi connectivity index (χ0) is 8.97. The maximum absolute atomic E-state index is 5.65. The molecule has 2 nitrogen and oxygen atoms in total. The van der Waals surface area contributed by atoms with E-state index < -0.39 is 0 Å². The molecule has 0 saturated heterocycles. The maximum atomic E-state index is 5.65. The molecule has 0 radical (unpaired) electrons. The lowest BCUT2D eigenvalue weighted by Gasteiger charge is -2.22. The molecule has 1 N–H and O–H groups in total. The second-order valence-electron chi connectivity index (χ2n) is 2.33. The van der Waals surface area contributed by atoms with Gasteiger partial charge in [-0.2, -0.15) is 0 Å². The fourth-order valence-electron chi connectivity index (χ4n) is 0.913. The standard InChI is InChI=1S/C7H9Cl3N2/c8-1-6-3-12(5-10)4-7(2-9)11-6/h3-4,11H,1-2,5H2. The van der Waals surface area contributed by atoms with Crippen molar-refractivity contribution in [2.45, 2.75) is 0 Å². The van der Waals surface area contributed by atoms with Crippen molar-refractivity contribution in [2.24, 2.45) is 0 Å². The van der Waals surface area contributed by atoms with E-state index in [1.165, 1.54) is 0 Å². The summed E-state index contributed by atoms with van der Waals surface area (Å²) in [5, 5.41) is 3.08. The minimum Gasteiger partial charge on any atom is -0.358 e. The third kappa shape index (κ3) is 2.47. The molecule has 1 aliphatic rings. The quantitative estimate of drug-likeness (QED) is 0.588. The van der Waals surface area contributed by atoms with E-state index in [1.54, 1.807) is 0 Å². The summed E-state index contributed by atoms with van der Waals surface area (Å²) in [6.07, 6.45) is 3.71. The summed E-state index contributed by atoms with van der Waals surface area (Å²) in [7, 11) is 0. The van der Waals surface area contributed by atoms with Crippen LogP contribution in [0, 0.1) is 0 Å². The molecule has 0 atom stereocenters. The van der Waals surface area contributed by atoms with E-state index >= 15 is 0 Å². The summed E-state index contributed by atoms with van der Waals surface area (Å²) >= 11 is 17.0. The predicted octanol–water partition coefficient (Wildman–Crippen LogP) is 2.25. The van der Waals surface area contributed by atoms with E-state index in [9.17, 15) is 0 Å². The molecule has 1 rings (SSSR count). The lowest BCUT2D eigenvalue weighted by molar-refractivity contribution is 0.557. The van der Waals surface area contributed by atoms with Crippen molar-refractivity contribution in [3.63, 3.8) is 0 Å². The van der Waals surface area contributed by atoms with Gasteiger partial charge in [0.1, 0.15) is 0 Å². The van der Waals surface area contributed by atoms with Crippen molar-refractivity contribution in [2.75, 3.05) is 17.8 Å². The summed E-state index contributed by atoms with van der Waals surface area (Å²) in [6.45, 7) is 0. The van der Waals surface area contributed by atoms with Crippen LogP contribution < -0.4 is 5.32 Å². The van der Waals surface area contributed by atoms with Crippen LogP contribution in [0.5, 0.6) is 0 Å². The Morgan fingerprint density at radius 1 is 1.08 bits per heavy atom. The van der Waals surface area contributed by atoms with Crippen molar-refractivity contribution in [3.05, 3.63) is 23.8 Å². The molecule has 68 valence electrons. The highest BCUT2D eigenvalue weighted by molar-refractivity contribution is 6.20. The third-order valence-corrected chi connectivity index (χ3v) is 2.24. The lowest BCUT2D eigenvalue weighted by atomic mass is 10.4. The van der Waals surface area contributed by atoms with Crippen LogP contribution in [-0.4, -0.2) is 22.7 Å². The molecule has 0 amide bonds. The number of rotatable bonds is 3. The van der Waals surface area contributed by atoms with Gasteiger partial charge in [0.25, 0.3) is 0 Å². The van der Waals surface area contributed by atoms with Crippen LogP contribution in [0.3, 0.4) is 0 Å². The van der Waals surface area contributed by atoms with Crippen molar-refractivity contribution in [1.29, 1.82) is 0 Å². The fourth-order valence-corrected chi connectivity index (χ4v) is 1.32. The van der Waals surface area contributed by atoms with Gasteiger partial charge in [0.2, 0.25) is 0 Å². The smallest absolute Gasteiger partial charge is 0.0967 e. The van der Waals surface area contributed by atoms with E-state index in [4.69, 9.17) is 34.8 Å². The van der Waals surface area contributed by atoms with Gasteiger partial charge in [-0.15, -0.1) is 34.8 Å². The Balaban J connectivity index is 2.67. The van der Waals surface area contributed by atoms with E-state index in [1.807, 2.05) is 17.3 Å². The Hall–Kier alpha value is -0.0500. The number of hydrogen-bond acceptors (Lipinski definition) is 2. The molecular weight excluding hydrogens is 218 g/mol. The van der Waals surface area contributed by atoms with Crippen LogP contribution in [-0.2, 0) is 0 Å².